The van der Waals surface area contributed by atoms with Crippen LogP contribution in [0.5, 0.6) is 0 Å². The third kappa shape index (κ3) is 3.15. The van der Waals surface area contributed by atoms with Crippen molar-refractivity contribution in [3.05, 3.63) is 16.6 Å². The number of nitrogens with one attached hydrogen (secondary N) is 1. The van der Waals surface area contributed by atoms with E-state index >= 15 is 0 Å². The van der Waals surface area contributed by atoms with Gasteiger partial charge in [-0.05, 0) is 0 Å². The number of aliphatic carboxylic acids is 1. The van der Waals surface area contributed by atoms with E-state index in [1.807, 2.05) is 4.90 Å². The number of carboxylic acids is 1. The van der Waals surface area contributed by atoms with Gasteiger partial charge in [-0.1, -0.05) is 0 Å². The van der Waals surface area contributed by atoms with Crippen molar-refractivity contribution in [1.29, 1.82) is 0 Å². The number of nitrogens with zero attached hydrogens (tertiary/aromatic N) is 2. The molecule has 2 rings (SSSR count). The molecule has 1 aliphatic rings. The first-order chi connectivity index (χ1) is 7.27. The molecule has 0 saturated carbocycles. The number of rotatable bonds is 3. The Morgan fingerprint density at radius 1 is 1.75 bits per heavy atom. The van der Waals surface area contributed by atoms with Gasteiger partial charge in [-0.2, -0.15) is 0 Å². The van der Waals surface area contributed by atoms with E-state index in [4.69, 9.17) is 5.11 Å². The third-order valence-corrected chi connectivity index (χ3v) is 3.25. The summed E-state index contributed by atoms with van der Waals surface area (Å²) in [6.07, 6.45) is 1.80. The summed E-state index contributed by atoms with van der Waals surface area (Å²) in [4.78, 5) is 18.1. The highest BCUT2D eigenvalue weighted by molar-refractivity contribution is 7.09. The molecule has 1 unspecified atom stereocenters. The van der Waals surface area contributed by atoms with E-state index in [0.29, 0.717) is 13.1 Å². The molecular weight excluding hydrogens is 250 g/mol. The fourth-order valence-corrected chi connectivity index (χ4v) is 2.32. The molecule has 0 spiro atoms. The van der Waals surface area contributed by atoms with E-state index in [2.05, 4.69) is 10.3 Å². The Balaban J connectivity index is 0.00000128. The summed E-state index contributed by atoms with van der Waals surface area (Å²) in [6, 6.07) is -0.416. The Morgan fingerprint density at radius 2 is 2.56 bits per heavy atom. The highest BCUT2D eigenvalue weighted by Gasteiger charge is 2.28. The number of aromatic nitrogens is 1. The Morgan fingerprint density at radius 3 is 3.19 bits per heavy atom. The van der Waals surface area contributed by atoms with Crippen LogP contribution in [0.15, 0.2) is 11.7 Å². The standard InChI is InChI=1S/C9H13N3O2S.ClH/c13-9(14)8-4-10-1-2-12(8)5-7-3-11-6-15-7;/h3,6,8,10H,1-2,4-5H2,(H,13,14);1H. The topological polar surface area (TPSA) is 65.5 Å². The van der Waals surface area contributed by atoms with E-state index in [-0.39, 0.29) is 12.4 Å². The largest absolute Gasteiger partial charge is 0.480 e. The van der Waals surface area contributed by atoms with Gasteiger partial charge in [0, 0.05) is 37.3 Å². The molecule has 1 aliphatic heterocycles. The van der Waals surface area contributed by atoms with E-state index < -0.39 is 12.0 Å². The van der Waals surface area contributed by atoms with Crippen molar-refractivity contribution in [3.63, 3.8) is 0 Å². The normalized spacial score (nSPS) is 21.4. The number of carboxylic acid groups (broad SMARTS) is 1. The molecule has 0 radical (unpaired) electrons. The Labute approximate surface area is 104 Å². The number of carbonyl (C=O) groups is 1. The van der Waals surface area contributed by atoms with Crippen molar-refractivity contribution >= 4 is 29.7 Å². The molecule has 90 valence electrons. The Bertz CT molecular complexity index is 334. The van der Waals surface area contributed by atoms with Crippen molar-refractivity contribution < 1.29 is 9.90 Å². The summed E-state index contributed by atoms with van der Waals surface area (Å²) in [5.74, 6) is -0.758. The van der Waals surface area contributed by atoms with Gasteiger partial charge in [-0.15, -0.1) is 23.7 Å². The predicted octanol–water partition coefficient (Wildman–Crippen LogP) is 0.423. The average molecular weight is 264 g/mol. The molecule has 2 N–H and O–H groups in total. The maximum Gasteiger partial charge on any atom is 0.322 e. The van der Waals surface area contributed by atoms with Crippen molar-refractivity contribution in [1.82, 2.24) is 15.2 Å². The van der Waals surface area contributed by atoms with Crippen LogP contribution in [-0.2, 0) is 11.3 Å². The number of hydrogen-bond donors (Lipinski definition) is 2. The maximum atomic E-state index is 11.0. The summed E-state index contributed by atoms with van der Waals surface area (Å²) in [5, 5.41) is 12.1. The highest BCUT2D eigenvalue weighted by atomic mass is 35.5. The van der Waals surface area contributed by atoms with Crippen LogP contribution < -0.4 is 5.32 Å². The smallest absolute Gasteiger partial charge is 0.322 e. The summed E-state index contributed by atoms with van der Waals surface area (Å²) < 4.78 is 0. The fourth-order valence-electron chi connectivity index (χ4n) is 1.70. The Hall–Kier alpha value is -0.690. The molecular formula is C9H14ClN3O2S. The predicted molar refractivity (Wildman–Crippen MR) is 64.1 cm³/mol. The molecule has 1 fully saturated rings. The molecule has 0 amide bonds. The molecule has 7 heteroatoms. The molecule has 1 aromatic heterocycles. The zero-order valence-electron chi connectivity index (χ0n) is 8.63. The van der Waals surface area contributed by atoms with Crippen molar-refractivity contribution in [2.24, 2.45) is 0 Å². The molecule has 5 nitrogen and oxygen atoms in total. The van der Waals surface area contributed by atoms with Crippen LogP contribution in [0.4, 0.5) is 0 Å². The molecule has 1 atom stereocenters. The van der Waals surface area contributed by atoms with Crippen LogP contribution in [0.1, 0.15) is 4.88 Å². The number of halogens is 1. The molecule has 16 heavy (non-hydrogen) atoms. The summed E-state index contributed by atoms with van der Waals surface area (Å²) >= 11 is 1.56. The van der Waals surface area contributed by atoms with Gasteiger partial charge in [0.2, 0.25) is 0 Å². The molecule has 2 heterocycles. The average Bonchev–Trinajstić information content (AvgIpc) is 2.71. The van der Waals surface area contributed by atoms with Crippen molar-refractivity contribution in [3.8, 4) is 0 Å². The summed E-state index contributed by atoms with van der Waals surface area (Å²) in [6.45, 7) is 2.83. The van der Waals surface area contributed by atoms with Crippen molar-refractivity contribution in [2.45, 2.75) is 12.6 Å². The second kappa shape index (κ2) is 6.15. The summed E-state index contributed by atoms with van der Waals surface area (Å²) in [7, 11) is 0. The van der Waals surface area contributed by atoms with Gasteiger partial charge in [-0.3, -0.25) is 14.7 Å². The van der Waals surface area contributed by atoms with Crippen LogP contribution in [0.3, 0.4) is 0 Å². The van der Waals surface area contributed by atoms with E-state index in [9.17, 15) is 4.79 Å². The lowest BCUT2D eigenvalue weighted by Gasteiger charge is -2.32. The molecule has 1 saturated heterocycles. The monoisotopic (exact) mass is 263 g/mol. The van der Waals surface area contributed by atoms with Crippen LogP contribution in [-0.4, -0.2) is 46.6 Å². The van der Waals surface area contributed by atoms with Crippen LogP contribution in [0.2, 0.25) is 0 Å². The lowest BCUT2D eigenvalue weighted by atomic mass is 10.2. The first-order valence-electron chi connectivity index (χ1n) is 4.82. The van der Waals surface area contributed by atoms with Crippen LogP contribution in [0, 0.1) is 0 Å². The second-order valence-electron chi connectivity index (χ2n) is 3.50. The quantitative estimate of drug-likeness (QED) is 0.828. The van der Waals surface area contributed by atoms with Gasteiger partial charge in [0.25, 0.3) is 0 Å². The van der Waals surface area contributed by atoms with Gasteiger partial charge >= 0.3 is 5.97 Å². The van der Waals surface area contributed by atoms with Gasteiger partial charge in [0.05, 0.1) is 5.51 Å². The lowest BCUT2D eigenvalue weighted by Crippen LogP contribution is -2.54. The third-order valence-electron chi connectivity index (χ3n) is 2.48. The van der Waals surface area contributed by atoms with Crippen molar-refractivity contribution in [2.75, 3.05) is 19.6 Å². The molecule has 0 bridgehead atoms. The van der Waals surface area contributed by atoms with Gasteiger partial charge < -0.3 is 10.4 Å². The van der Waals surface area contributed by atoms with Gasteiger partial charge in [-0.25, -0.2) is 0 Å². The van der Waals surface area contributed by atoms with E-state index in [0.717, 1.165) is 18.0 Å². The first kappa shape index (κ1) is 13.4. The first-order valence-corrected chi connectivity index (χ1v) is 5.70. The van der Waals surface area contributed by atoms with Gasteiger partial charge in [0.15, 0.2) is 0 Å². The Kier molecular flexibility index (Phi) is 5.14. The number of thiazole rings is 1. The number of piperazine rings is 1. The second-order valence-corrected chi connectivity index (χ2v) is 4.47. The minimum atomic E-state index is -0.758. The van der Waals surface area contributed by atoms with Crippen LogP contribution in [0.25, 0.3) is 0 Å². The fraction of sp³-hybridized carbons (Fsp3) is 0.556. The maximum absolute atomic E-state index is 11.0. The zero-order valence-corrected chi connectivity index (χ0v) is 10.3. The molecule has 0 aliphatic carbocycles. The van der Waals surface area contributed by atoms with E-state index in [1.165, 1.54) is 0 Å². The minimum absolute atomic E-state index is 0. The van der Waals surface area contributed by atoms with E-state index in [1.54, 1.807) is 23.0 Å². The summed E-state index contributed by atoms with van der Waals surface area (Å²) in [5.41, 5.74) is 1.77. The lowest BCUT2D eigenvalue weighted by molar-refractivity contribution is -0.144. The SMILES string of the molecule is Cl.O=C(O)C1CNCCN1Cc1cncs1. The zero-order chi connectivity index (χ0) is 10.7. The molecule has 0 aromatic carbocycles. The van der Waals surface area contributed by atoms with Crippen LogP contribution >= 0.6 is 23.7 Å². The number of hydrogen-bond acceptors (Lipinski definition) is 5. The molecule has 1 aromatic rings. The highest BCUT2D eigenvalue weighted by Crippen LogP contribution is 2.13. The van der Waals surface area contributed by atoms with Gasteiger partial charge in [0.1, 0.15) is 6.04 Å². The minimum Gasteiger partial charge on any atom is -0.480 e.